The standard InChI is InChI=1S/C15H18ClN3O/c1-5-17-14-9(2)10(3)18-15(19-14)13-11(16)7-6-8-12(13)20-4/h6-8H,5H2,1-4H3,(H,17,18,19). The first kappa shape index (κ1) is 14.6. The monoisotopic (exact) mass is 291 g/mol. The molecule has 0 aliphatic carbocycles. The van der Waals surface area contributed by atoms with Crippen molar-refractivity contribution in [1.82, 2.24) is 9.97 Å². The van der Waals surface area contributed by atoms with Crippen LogP contribution in [0.2, 0.25) is 5.02 Å². The summed E-state index contributed by atoms with van der Waals surface area (Å²) in [5, 5.41) is 3.83. The van der Waals surface area contributed by atoms with Gasteiger partial charge in [0.2, 0.25) is 0 Å². The van der Waals surface area contributed by atoms with Crippen molar-refractivity contribution in [3.8, 4) is 17.1 Å². The molecule has 106 valence electrons. The minimum atomic E-state index is 0.575. The molecule has 0 bridgehead atoms. The zero-order valence-corrected chi connectivity index (χ0v) is 12.9. The van der Waals surface area contributed by atoms with E-state index in [9.17, 15) is 0 Å². The molecule has 0 spiro atoms. The largest absolute Gasteiger partial charge is 0.496 e. The Kier molecular flexibility index (Phi) is 4.45. The number of methoxy groups -OCH3 is 1. The van der Waals surface area contributed by atoms with E-state index in [-0.39, 0.29) is 0 Å². The van der Waals surface area contributed by atoms with Gasteiger partial charge in [0.25, 0.3) is 0 Å². The van der Waals surface area contributed by atoms with Gasteiger partial charge in [-0.05, 0) is 32.9 Å². The predicted octanol–water partition coefficient (Wildman–Crippen LogP) is 3.85. The topological polar surface area (TPSA) is 47.0 Å². The van der Waals surface area contributed by atoms with Gasteiger partial charge in [0.05, 0.1) is 17.7 Å². The predicted molar refractivity (Wildman–Crippen MR) is 82.7 cm³/mol. The molecule has 1 aromatic carbocycles. The smallest absolute Gasteiger partial charge is 0.167 e. The Morgan fingerprint density at radius 1 is 1.25 bits per heavy atom. The number of ether oxygens (including phenoxy) is 1. The van der Waals surface area contributed by atoms with Gasteiger partial charge < -0.3 is 10.1 Å². The molecule has 2 rings (SSSR count). The van der Waals surface area contributed by atoms with Crippen LogP contribution in [0.5, 0.6) is 5.75 Å². The molecule has 0 radical (unpaired) electrons. The maximum atomic E-state index is 6.28. The molecule has 0 amide bonds. The van der Waals surface area contributed by atoms with Gasteiger partial charge in [-0.1, -0.05) is 17.7 Å². The molecule has 20 heavy (non-hydrogen) atoms. The van der Waals surface area contributed by atoms with E-state index in [0.717, 1.165) is 29.2 Å². The number of nitrogens with one attached hydrogen (secondary N) is 1. The zero-order chi connectivity index (χ0) is 14.7. The summed E-state index contributed by atoms with van der Waals surface area (Å²) in [6.07, 6.45) is 0. The van der Waals surface area contributed by atoms with Crippen LogP contribution in [0.15, 0.2) is 18.2 Å². The number of nitrogens with zero attached hydrogens (tertiary/aromatic N) is 2. The average molecular weight is 292 g/mol. The molecule has 1 heterocycles. The fraction of sp³-hybridized carbons (Fsp3) is 0.333. The highest BCUT2D eigenvalue weighted by molar-refractivity contribution is 6.33. The van der Waals surface area contributed by atoms with Gasteiger partial charge in [0, 0.05) is 17.8 Å². The Balaban J connectivity index is 2.64. The van der Waals surface area contributed by atoms with E-state index >= 15 is 0 Å². The lowest BCUT2D eigenvalue weighted by Gasteiger charge is -2.14. The fourth-order valence-corrected chi connectivity index (χ4v) is 2.22. The van der Waals surface area contributed by atoms with Crippen molar-refractivity contribution in [3.63, 3.8) is 0 Å². The average Bonchev–Trinajstić information content (AvgIpc) is 2.43. The van der Waals surface area contributed by atoms with E-state index in [1.54, 1.807) is 7.11 Å². The Hall–Kier alpha value is -1.81. The quantitative estimate of drug-likeness (QED) is 0.929. The van der Waals surface area contributed by atoms with Crippen LogP contribution < -0.4 is 10.1 Å². The minimum absolute atomic E-state index is 0.575. The molecule has 0 unspecified atom stereocenters. The third-order valence-corrected chi connectivity index (χ3v) is 3.47. The van der Waals surface area contributed by atoms with Crippen LogP contribution in [0, 0.1) is 13.8 Å². The number of benzene rings is 1. The first-order valence-corrected chi connectivity index (χ1v) is 6.88. The number of halogens is 1. The molecule has 0 fully saturated rings. The summed E-state index contributed by atoms with van der Waals surface area (Å²) in [4.78, 5) is 9.12. The Morgan fingerprint density at radius 2 is 2.00 bits per heavy atom. The minimum Gasteiger partial charge on any atom is -0.496 e. The normalized spacial score (nSPS) is 10.4. The summed E-state index contributed by atoms with van der Waals surface area (Å²) in [5.41, 5.74) is 2.69. The van der Waals surface area contributed by atoms with Gasteiger partial charge in [0.1, 0.15) is 11.6 Å². The molecule has 4 nitrogen and oxygen atoms in total. The van der Waals surface area contributed by atoms with Crippen molar-refractivity contribution in [2.24, 2.45) is 0 Å². The number of hydrogen-bond acceptors (Lipinski definition) is 4. The highest BCUT2D eigenvalue weighted by atomic mass is 35.5. The van der Waals surface area contributed by atoms with E-state index in [2.05, 4.69) is 15.3 Å². The third-order valence-electron chi connectivity index (χ3n) is 3.15. The second-order valence-corrected chi connectivity index (χ2v) is 4.86. The SMILES string of the molecule is CCNc1nc(-c2c(Cl)cccc2OC)nc(C)c1C. The van der Waals surface area contributed by atoms with E-state index < -0.39 is 0 Å². The molecular weight excluding hydrogens is 274 g/mol. The van der Waals surface area contributed by atoms with Gasteiger partial charge in [-0.3, -0.25) is 0 Å². The Bertz CT molecular complexity index is 629. The molecule has 0 aliphatic rings. The van der Waals surface area contributed by atoms with E-state index in [0.29, 0.717) is 16.6 Å². The van der Waals surface area contributed by atoms with E-state index in [1.807, 2.05) is 39.0 Å². The maximum absolute atomic E-state index is 6.28. The zero-order valence-electron chi connectivity index (χ0n) is 12.1. The molecule has 1 aromatic heterocycles. The molecule has 0 saturated carbocycles. The second-order valence-electron chi connectivity index (χ2n) is 4.45. The number of hydrogen-bond donors (Lipinski definition) is 1. The number of anilines is 1. The summed E-state index contributed by atoms with van der Waals surface area (Å²) >= 11 is 6.28. The molecule has 5 heteroatoms. The Labute approximate surface area is 124 Å². The summed E-state index contributed by atoms with van der Waals surface area (Å²) in [6.45, 7) is 6.80. The van der Waals surface area contributed by atoms with E-state index in [1.165, 1.54) is 0 Å². The lowest BCUT2D eigenvalue weighted by atomic mass is 10.1. The number of rotatable bonds is 4. The van der Waals surface area contributed by atoms with Gasteiger partial charge in [0.15, 0.2) is 5.82 Å². The van der Waals surface area contributed by atoms with Crippen LogP contribution in [-0.2, 0) is 0 Å². The lowest BCUT2D eigenvalue weighted by molar-refractivity contribution is 0.416. The van der Waals surface area contributed by atoms with E-state index in [4.69, 9.17) is 16.3 Å². The highest BCUT2D eigenvalue weighted by Gasteiger charge is 2.16. The highest BCUT2D eigenvalue weighted by Crippen LogP contribution is 2.35. The number of aromatic nitrogens is 2. The first-order chi connectivity index (χ1) is 9.58. The first-order valence-electron chi connectivity index (χ1n) is 6.50. The van der Waals surface area contributed by atoms with Gasteiger partial charge in [-0.15, -0.1) is 0 Å². The molecule has 0 saturated heterocycles. The van der Waals surface area contributed by atoms with Crippen molar-refractivity contribution in [1.29, 1.82) is 0 Å². The van der Waals surface area contributed by atoms with Crippen molar-refractivity contribution < 1.29 is 4.74 Å². The van der Waals surface area contributed by atoms with Crippen molar-refractivity contribution >= 4 is 17.4 Å². The molecule has 0 atom stereocenters. The van der Waals surface area contributed by atoms with Crippen LogP contribution in [0.25, 0.3) is 11.4 Å². The van der Waals surface area contributed by atoms with Crippen LogP contribution >= 0.6 is 11.6 Å². The lowest BCUT2D eigenvalue weighted by Crippen LogP contribution is -2.06. The summed E-state index contributed by atoms with van der Waals surface area (Å²) < 4.78 is 5.37. The maximum Gasteiger partial charge on any atom is 0.167 e. The summed E-state index contributed by atoms with van der Waals surface area (Å²) in [7, 11) is 1.61. The molecular formula is C15H18ClN3O. The molecule has 1 N–H and O–H groups in total. The van der Waals surface area contributed by atoms with Crippen LogP contribution in [0.3, 0.4) is 0 Å². The van der Waals surface area contributed by atoms with Crippen molar-refractivity contribution in [2.45, 2.75) is 20.8 Å². The van der Waals surface area contributed by atoms with Crippen LogP contribution in [0.1, 0.15) is 18.2 Å². The second kappa shape index (κ2) is 6.09. The van der Waals surface area contributed by atoms with Gasteiger partial charge in [-0.25, -0.2) is 9.97 Å². The fourth-order valence-electron chi connectivity index (χ4n) is 1.97. The van der Waals surface area contributed by atoms with Gasteiger partial charge >= 0.3 is 0 Å². The Morgan fingerprint density at radius 3 is 2.65 bits per heavy atom. The van der Waals surface area contributed by atoms with Crippen LogP contribution in [0.4, 0.5) is 5.82 Å². The summed E-state index contributed by atoms with van der Waals surface area (Å²) in [6, 6.07) is 5.51. The van der Waals surface area contributed by atoms with Crippen molar-refractivity contribution in [3.05, 3.63) is 34.5 Å². The van der Waals surface area contributed by atoms with Crippen LogP contribution in [-0.4, -0.2) is 23.6 Å². The van der Waals surface area contributed by atoms with Crippen molar-refractivity contribution in [2.75, 3.05) is 19.0 Å². The number of aryl methyl sites for hydroxylation is 1. The summed E-state index contributed by atoms with van der Waals surface area (Å²) in [5.74, 6) is 2.08. The molecule has 2 aromatic rings. The molecule has 0 aliphatic heterocycles. The third kappa shape index (κ3) is 2.70. The van der Waals surface area contributed by atoms with Gasteiger partial charge in [-0.2, -0.15) is 0 Å².